The zero-order valence-corrected chi connectivity index (χ0v) is 17.3. The highest BCUT2D eigenvalue weighted by atomic mass is 19.4. The number of ether oxygens (including phenoxy) is 1. The van der Waals surface area contributed by atoms with Crippen molar-refractivity contribution in [2.45, 2.75) is 39.4 Å². The molecule has 0 atom stereocenters. The van der Waals surface area contributed by atoms with E-state index in [1.807, 2.05) is 20.8 Å². The van der Waals surface area contributed by atoms with Gasteiger partial charge in [-0.2, -0.15) is 18.3 Å². The largest absolute Gasteiger partial charge is 0.478 e. The van der Waals surface area contributed by atoms with Crippen LogP contribution in [0.1, 0.15) is 53.9 Å². The summed E-state index contributed by atoms with van der Waals surface area (Å²) >= 11 is 0. The van der Waals surface area contributed by atoms with Crippen LogP contribution in [0.4, 0.5) is 13.2 Å². The molecule has 0 unspecified atom stereocenters. The van der Waals surface area contributed by atoms with E-state index in [1.165, 1.54) is 16.9 Å². The third kappa shape index (κ3) is 5.01. The van der Waals surface area contributed by atoms with Crippen molar-refractivity contribution in [3.05, 3.63) is 65.2 Å². The van der Waals surface area contributed by atoms with Gasteiger partial charge in [-0.1, -0.05) is 19.9 Å². The monoisotopic (exact) mass is 433 g/mol. The number of aromatic nitrogens is 4. The van der Waals surface area contributed by atoms with Crippen molar-refractivity contribution in [1.29, 1.82) is 0 Å². The van der Waals surface area contributed by atoms with E-state index in [-0.39, 0.29) is 24.2 Å². The molecule has 7 nitrogen and oxygen atoms in total. The second-order valence-electron chi connectivity index (χ2n) is 7.00. The molecule has 0 aliphatic carbocycles. The predicted molar refractivity (Wildman–Crippen MR) is 107 cm³/mol. The Bertz CT molecular complexity index is 1050. The van der Waals surface area contributed by atoms with Gasteiger partial charge in [0.15, 0.2) is 5.82 Å². The van der Waals surface area contributed by atoms with Crippen LogP contribution in [0.3, 0.4) is 0 Å². The number of carbonyl (C=O) groups excluding carboxylic acids is 1. The molecule has 31 heavy (non-hydrogen) atoms. The second kappa shape index (κ2) is 9.15. The predicted octanol–water partition coefficient (Wildman–Crippen LogP) is 4.13. The van der Waals surface area contributed by atoms with Gasteiger partial charge in [-0.05, 0) is 31.0 Å². The Labute approximate surface area is 177 Å². The minimum Gasteiger partial charge on any atom is -0.478 e. The van der Waals surface area contributed by atoms with Gasteiger partial charge in [-0.25, -0.2) is 14.6 Å². The summed E-state index contributed by atoms with van der Waals surface area (Å²) in [5.74, 6) is 0.138. The van der Waals surface area contributed by atoms with Crippen LogP contribution in [0.15, 0.2) is 42.9 Å². The van der Waals surface area contributed by atoms with Gasteiger partial charge in [0, 0.05) is 24.5 Å². The topological polar surface area (TPSA) is 81.9 Å². The van der Waals surface area contributed by atoms with E-state index < -0.39 is 11.7 Å². The normalized spacial score (nSPS) is 11.6. The molecular weight excluding hydrogens is 411 g/mol. The molecule has 3 heterocycles. The molecule has 3 rings (SSSR count). The van der Waals surface area contributed by atoms with E-state index in [1.54, 1.807) is 18.3 Å². The van der Waals surface area contributed by atoms with Gasteiger partial charge in [0.2, 0.25) is 5.88 Å². The smallest absolute Gasteiger partial charge is 0.417 e. The number of nitrogens with one attached hydrogen (secondary N) is 1. The Morgan fingerprint density at radius 3 is 2.58 bits per heavy atom. The molecule has 0 saturated carbocycles. The van der Waals surface area contributed by atoms with Gasteiger partial charge in [-0.3, -0.25) is 4.79 Å². The fourth-order valence-electron chi connectivity index (χ4n) is 3.05. The van der Waals surface area contributed by atoms with Gasteiger partial charge >= 0.3 is 6.18 Å². The molecule has 0 radical (unpaired) electrons. The molecule has 0 bridgehead atoms. The SMILES string of the molecule is CCOc1ncccc1CNC(=O)c1cnn(-c2ccc(C(F)(F)F)cn2)c1C(C)C. The first kappa shape index (κ1) is 22.3. The summed E-state index contributed by atoms with van der Waals surface area (Å²) in [6.07, 6.45) is -0.738. The average Bonchev–Trinajstić information content (AvgIpc) is 3.18. The summed E-state index contributed by atoms with van der Waals surface area (Å²) in [4.78, 5) is 20.9. The summed E-state index contributed by atoms with van der Waals surface area (Å²) in [6, 6.07) is 5.72. The van der Waals surface area contributed by atoms with Crippen molar-refractivity contribution in [3.8, 4) is 11.7 Å². The van der Waals surface area contributed by atoms with Crippen molar-refractivity contribution in [1.82, 2.24) is 25.1 Å². The zero-order valence-electron chi connectivity index (χ0n) is 17.3. The number of hydrogen-bond donors (Lipinski definition) is 1. The highest BCUT2D eigenvalue weighted by Gasteiger charge is 2.31. The fourth-order valence-corrected chi connectivity index (χ4v) is 3.05. The van der Waals surface area contributed by atoms with Crippen LogP contribution < -0.4 is 10.1 Å². The van der Waals surface area contributed by atoms with Gasteiger partial charge in [0.25, 0.3) is 5.91 Å². The standard InChI is InChI=1S/C21H22F3N5O2/c1-4-31-20-14(6-5-9-25-20)10-27-19(30)16-12-28-29(18(16)13(2)3)17-8-7-15(11-26-17)21(22,23)24/h5-9,11-13H,4,10H2,1-3H3,(H,27,30). The molecule has 10 heteroatoms. The molecule has 0 saturated heterocycles. The molecule has 0 aliphatic rings. The summed E-state index contributed by atoms with van der Waals surface area (Å²) in [5, 5.41) is 7.02. The molecule has 3 aromatic heterocycles. The molecule has 1 amide bonds. The van der Waals surface area contributed by atoms with E-state index in [4.69, 9.17) is 4.74 Å². The quantitative estimate of drug-likeness (QED) is 0.606. The van der Waals surface area contributed by atoms with E-state index in [2.05, 4.69) is 20.4 Å². The lowest BCUT2D eigenvalue weighted by Gasteiger charge is -2.14. The maximum atomic E-state index is 12.8. The molecule has 1 N–H and O–H groups in total. The highest BCUT2D eigenvalue weighted by Crippen LogP contribution is 2.29. The van der Waals surface area contributed by atoms with Crippen molar-refractivity contribution >= 4 is 5.91 Å². The number of nitrogens with zero attached hydrogens (tertiary/aromatic N) is 4. The fraction of sp³-hybridized carbons (Fsp3) is 0.333. The molecule has 3 aromatic rings. The third-order valence-electron chi connectivity index (χ3n) is 4.46. The minimum atomic E-state index is -4.48. The highest BCUT2D eigenvalue weighted by molar-refractivity contribution is 5.95. The third-order valence-corrected chi connectivity index (χ3v) is 4.46. The number of halogens is 3. The summed E-state index contributed by atoms with van der Waals surface area (Å²) in [5.41, 5.74) is 0.731. The van der Waals surface area contributed by atoms with E-state index >= 15 is 0 Å². The molecule has 0 spiro atoms. The number of rotatable bonds is 7. The van der Waals surface area contributed by atoms with Crippen LogP contribution >= 0.6 is 0 Å². The van der Waals surface area contributed by atoms with Crippen LogP contribution in [0, 0.1) is 0 Å². The summed E-state index contributed by atoms with van der Waals surface area (Å²) in [6.45, 7) is 6.21. The number of amides is 1. The lowest BCUT2D eigenvalue weighted by atomic mass is 10.1. The van der Waals surface area contributed by atoms with E-state index in [0.29, 0.717) is 23.7 Å². The van der Waals surface area contributed by atoms with Crippen LogP contribution in [0.2, 0.25) is 0 Å². The van der Waals surface area contributed by atoms with Crippen LogP contribution in [0.25, 0.3) is 5.82 Å². The first-order valence-electron chi connectivity index (χ1n) is 9.68. The summed E-state index contributed by atoms with van der Waals surface area (Å²) in [7, 11) is 0. The molecular formula is C21H22F3N5O2. The Morgan fingerprint density at radius 1 is 1.19 bits per heavy atom. The number of hydrogen-bond acceptors (Lipinski definition) is 5. The summed E-state index contributed by atoms with van der Waals surface area (Å²) < 4.78 is 45.3. The second-order valence-corrected chi connectivity index (χ2v) is 7.00. The maximum Gasteiger partial charge on any atom is 0.417 e. The van der Waals surface area contributed by atoms with Crippen molar-refractivity contribution in [2.24, 2.45) is 0 Å². The van der Waals surface area contributed by atoms with Crippen molar-refractivity contribution in [2.75, 3.05) is 6.61 Å². The van der Waals surface area contributed by atoms with E-state index in [9.17, 15) is 18.0 Å². The molecule has 0 aromatic carbocycles. The lowest BCUT2D eigenvalue weighted by molar-refractivity contribution is -0.137. The molecule has 0 aliphatic heterocycles. The van der Waals surface area contributed by atoms with Gasteiger partial charge in [-0.15, -0.1) is 0 Å². The maximum absolute atomic E-state index is 12.8. The van der Waals surface area contributed by atoms with Gasteiger partial charge in [0.1, 0.15) is 0 Å². The Morgan fingerprint density at radius 2 is 1.97 bits per heavy atom. The van der Waals surface area contributed by atoms with Crippen LogP contribution in [-0.4, -0.2) is 32.3 Å². The number of alkyl halides is 3. The van der Waals surface area contributed by atoms with Gasteiger partial charge < -0.3 is 10.1 Å². The lowest BCUT2D eigenvalue weighted by Crippen LogP contribution is -2.24. The zero-order chi connectivity index (χ0) is 22.6. The average molecular weight is 433 g/mol. The number of carbonyl (C=O) groups is 1. The first-order valence-corrected chi connectivity index (χ1v) is 9.68. The van der Waals surface area contributed by atoms with E-state index in [0.717, 1.165) is 17.8 Å². The van der Waals surface area contributed by atoms with Crippen LogP contribution in [-0.2, 0) is 12.7 Å². The Kier molecular flexibility index (Phi) is 6.57. The van der Waals surface area contributed by atoms with Crippen molar-refractivity contribution in [3.63, 3.8) is 0 Å². The molecule has 0 fully saturated rings. The number of pyridine rings is 2. The van der Waals surface area contributed by atoms with Crippen LogP contribution in [0.5, 0.6) is 5.88 Å². The Hall–Kier alpha value is -3.43. The first-order chi connectivity index (χ1) is 14.7. The minimum absolute atomic E-state index is 0.135. The van der Waals surface area contributed by atoms with Gasteiger partial charge in [0.05, 0.1) is 29.6 Å². The molecule has 164 valence electrons. The Balaban J connectivity index is 1.84. The van der Waals surface area contributed by atoms with Crippen molar-refractivity contribution < 1.29 is 22.7 Å².